The number of furan rings is 1. The summed E-state index contributed by atoms with van der Waals surface area (Å²) in [6.07, 6.45) is 1.33. The molecule has 1 amide bonds. The zero-order valence-corrected chi connectivity index (χ0v) is 9.90. The number of carboxylic acids is 1. The molecule has 1 aromatic rings. The molecule has 0 fully saturated rings. The maximum absolute atomic E-state index is 11.6. The highest BCUT2D eigenvalue weighted by Gasteiger charge is 2.36. The van der Waals surface area contributed by atoms with Gasteiger partial charge in [0.15, 0.2) is 0 Å². The molecule has 0 bridgehead atoms. The number of anilines is 2. The van der Waals surface area contributed by atoms with E-state index in [4.69, 9.17) is 9.52 Å². The molecule has 0 aliphatic carbocycles. The lowest BCUT2D eigenvalue weighted by atomic mass is 10.0. The predicted molar refractivity (Wildman–Crippen MR) is 61.4 cm³/mol. The van der Waals surface area contributed by atoms with Gasteiger partial charge in [-0.2, -0.15) is 0 Å². The Bertz CT molecular complexity index is 490. The summed E-state index contributed by atoms with van der Waals surface area (Å²) < 4.78 is 5.00. The van der Waals surface area contributed by atoms with E-state index in [0.717, 1.165) is 0 Å². The molecule has 2 N–H and O–H groups in total. The molecule has 17 heavy (non-hydrogen) atoms. The molecule has 1 aliphatic heterocycles. The molecule has 0 saturated heterocycles. The van der Waals surface area contributed by atoms with Gasteiger partial charge in [-0.3, -0.25) is 4.79 Å². The van der Waals surface area contributed by atoms with Gasteiger partial charge < -0.3 is 19.7 Å². The van der Waals surface area contributed by atoms with Crippen molar-refractivity contribution in [1.29, 1.82) is 0 Å². The first-order valence-electron chi connectivity index (χ1n) is 5.23. The van der Waals surface area contributed by atoms with Crippen molar-refractivity contribution in [2.24, 2.45) is 0 Å². The van der Waals surface area contributed by atoms with Crippen LogP contribution in [0.4, 0.5) is 11.4 Å². The first kappa shape index (κ1) is 11.5. The van der Waals surface area contributed by atoms with Gasteiger partial charge in [0.2, 0.25) is 11.7 Å². The predicted octanol–water partition coefficient (Wildman–Crippen LogP) is 1.53. The Labute approximate surface area is 98.2 Å². The summed E-state index contributed by atoms with van der Waals surface area (Å²) >= 11 is 0. The summed E-state index contributed by atoms with van der Waals surface area (Å²) in [5.74, 6) is -1.60. The summed E-state index contributed by atoms with van der Waals surface area (Å²) in [6.45, 7) is 5.66. The number of aromatic carboxylic acids is 1. The molecule has 0 aromatic carbocycles. The van der Waals surface area contributed by atoms with Crippen LogP contribution in [0.5, 0.6) is 0 Å². The number of carbonyl (C=O) groups is 2. The van der Waals surface area contributed by atoms with Crippen LogP contribution in [0.2, 0.25) is 0 Å². The highest BCUT2D eigenvalue weighted by Crippen LogP contribution is 2.38. The number of hydrogen-bond acceptors (Lipinski definition) is 4. The quantitative estimate of drug-likeness (QED) is 0.775. The third kappa shape index (κ3) is 1.86. The Balaban J connectivity index is 2.56. The van der Waals surface area contributed by atoms with E-state index < -0.39 is 5.97 Å². The molecule has 2 heterocycles. The van der Waals surface area contributed by atoms with Crippen molar-refractivity contribution in [1.82, 2.24) is 0 Å². The van der Waals surface area contributed by atoms with Gasteiger partial charge in [-0.05, 0) is 13.8 Å². The molecule has 2 rings (SSSR count). The molecule has 92 valence electrons. The average Bonchev–Trinajstić information content (AvgIpc) is 2.57. The van der Waals surface area contributed by atoms with Gasteiger partial charge in [-0.15, -0.1) is 0 Å². The van der Waals surface area contributed by atoms with E-state index >= 15 is 0 Å². The van der Waals surface area contributed by atoms with Crippen molar-refractivity contribution in [2.75, 3.05) is 16.8 Å². The maximum Gasteiger partial charge on any atom is 0.374 e. The summed E-state index contributed by atoms with van der Waals surface area (Å²) in [4.78, 5) is 24.0. The zero-order chi connectivity index (χ0) is 12.8. The molecule has 6 heteroatoms. The summed E-state index contributed by atoms with van der Waals surface area (Å²) in [5.41, 5.74) is 0.524. The highest BCUT2D eigenvalue weighted by molar-refractivity contribution is 6.04. The summed E-state index contributed by atoms with van der Waals surface area (Å²) in [6, 6.07) is 0. The first-order valence-corrected chi connectivity index (χ1v) is 5.23. The van der Waals surface area contributed by atoms with E-state index in [2.05, 4.69) is 5.32 Å². The van der Waals surface area contributed by atoms with Gasteiger partial charge in [0.1, 0.15) is 12.0 Å². The van der Waals surface area contributed by atoms with Crippen LogP contribution in [0.1, 0.15) is 31.3 Å². The van der Waals surface area contributed by atoms with Crippen molar-refractivity contribution in [3.05, 3.63) is 12.0 Å². The number of amides is 1. The second kappa shape index (κ2) is 3.51. The normalized spacial score (nSPS) is 17.2. The molecule has 0 radical (unpaired) electrons. The van der Waals surface area contributed by atoms with Gasteiger partial charge in [-0.25, -0.2) is 4.79 Å². The number of fused-ring (bicyclic) bond motifs is 1. The van der Waals surface area contributed by atoms with Crippen LogP contribution < -0.4 is 10.2 Å². The van der Waals surface area contributed by atoms with Gasteiger partial charge >= 0.3 is 5.97 Å². The maximum atomic E-state index is 11.6. The monoisotopic (exact) mass is 238 g/mol. The SMILES string of the molecule is CC(=O)N1CC(C)(C)Nc2coc(C(=O)O)c21. The highest BCUT2D eigenvalue weighted by atomic mass is 16.4. The Morgan fingerprint density at radius 1 is 1.53 bits per heavy atom. The molecule has 0 saturated carbocycles. The fourth-order valence-corrected chi connectivity index (χ4v) is 2.01. The van der Waals surface area contributed by atoms with Gasteiger partial charge in [0, 0.05) is 19.0 Å². The lowest BCUT2D eigenvalue weighted by Crippen LogP contribution is -2.50. The standard InChI is InChI=1S/C11H14N2O4/c1-6(14)13-5-11(2,3)12-7-4-17-9(8(7)13)10(15)16/h4,12H,5H2,1-3H3,(H,15,16). The van der Waals surface area contributed by atoms with Crippen LogP contribution in [0, 0.1) is 0 Å². The average molecular weight is 238 g/mol. The Kier molecular flexibility index (Phi) is 2.38. The first-order chi connectivity index (χ1) is 7.82. The molecule has 0 atom stereocenters. The lowest BCUT2D eigenvalue weighted by molar-refractivity contribution is -0.116. The third-order valence-electron chi connectivity index (χ3n) is 2.64. The molecular formula is C11H14N2O4. The second-order valence-corrected chi connectivity index (χ2v) is 4.75. The molecular weight excluding hydrogens is 224 g/mol. The minimum absolute atomic E-state index is 0.204. The molecule has 0 unspecified atom stereocenters. The number of hydrogen-bond donors (Lipinski definition) is 2. The van der Waals surface area contributed by atoms with Gasteiger partial charge in [0.05, 0.1) is 5.69 Å². The van der Waals surface area contributed by atoms with Crippen molar-refractivity contribution in [3.8, 4) is 0 Å². The van der Waals surface area contributed by atoms with Crippen LogP contribution in [-0.2, 0) is 4.79 Å². The lowest BCUT2D eigenvalue weighted by Gasteiger charge is -2.38. The van der Waals surface area contributed by atoms with E-state index in [0.29, 0.717) is 17.9 Å². The van der Waals surface area contributed by atoms with Crippen LogP contribution >= 0.6 is 0 Å². The smallest absolute Gasteiger partial charge is 0.374 e. The number of rotatable bonds is 1. The largest absolute Gasteiger partial charge is 0.475 e. The molecule has 0 spiro atoms. The van der Waals surface area contributed by atoms with E-state index in [-0.39, 0.29) is 17.2 Å². The van der Waals surface area contributed by atoms with E-state index in [1.54, 1.807) is 0 Å². The van der Waals surface area contributed by atoms with Crippen LogP contribution in [-0.4, -0.2) is 29.1 Å². The fourth-order valence-electron chi connectivity index (χ4n) is 2.01. The number of carbonyl (C=O) groups excluding carboxylic acids is 1. The Morgan fingerprint density at radius 3 is 2.71 bits per heavy atom. The van der Waals surface area contributed by atoms with Crippen LogP contribution in [0.25, 0.3) is 0 Å². The molecule has 6 nitrogen and oxygen atoms in total. The minimum atomic E-state index is -1.18. The molecule has 1 aromatic heterocycles. The van der Waals surface area contributed by atoms with Gasteiger partial charge in [0.25, 0.3) is 0 Å². The Morgan fingerprint density at radius 2 is 2.18 bits per heavy atom. The van der Waals surface area contributed by atoms with E-state index in [1.165, 1.54) is 18.1 Å². The summed E-state index contributed by atoms with van der Waals surface area (Å²) in [7, 11) is 0. The van der Waals surface area contributed by atoms with E-state index in [1.807, 2.05) is 13.8 Å². The van der Waals surface area contributed by atoms with Crippen LogP contribution in [0.15, 0.2) is 10.7 Å². The topological polar surface area (TPSA) is 82.8 Å². The van der Waals surface area contributed by atoms with Crippen molar-refractivity contribution in [2.45, 2.75) is 26.3 Å². The Hall–Kier alpha value is -1.98. The molecule has 1 aliphatic rings. The fraction of sp³-hybridized carbons (Fsp3) is 0.455. The summed E-state index contributed by atoms with van der Waals surface area (Å²) in [5, 5.41) is 12.1. The van der Waals surface area contributed by atoms with Crippen molar-refractivity contribution >= 4 is 23.3 Å². The van der Waals surface area contributed by atoms with Gasteiger partial charge in [-0.1, -0.05) is 0 Å². The van der Waals surface area contributed by atoms with E-state index in [9.17, 15) is 9.59 Å². The second-order valence-electron chi connectivity index (χ2n) is 4.75. The number of nitrogens with zero attached hydrogens (tertiary/aromatic N) is 1. The van der Waals surface area contributed by atoms with Crippen molar-refractivity contribution < 1.29 is 19.1 Å². The number of nitrogens with one attached hydrogen (secondary N) is 1. The van der Waals surface area contributed by atoms with Crippen LogP contribution in [0.3, 0.4) is 0 Å². The minimum Gasteiger partial charge on any atom is -0.475 e. The van der Waals surface area contributed by atoms with Crippen molar-refractivity contribution in [3.63, 3.8) is 0 Å². The number of carboxylic acid groups (broad SMARTS) is 1. The zero-order valence-electron chi connectivity index (χ0n) is 9.90. The third-order valence-corrected chi connectivity index (χ3v) is 2.64.